The van der Waals surface area contributed by atoms with Crippen molar-refractivity contribution in [3.8, 4) is 0 Å². The third kappa shape index (κ3) is 6.07. The summed E-state index contributed by atoms with van der Waals surface area (Å²) < 4.78 is 1.14. The van der Waals surface area contributed by atoms with Crippen molar-refractivity contribution in [2.75, 3.05) is 13.6 Å². The molecule has 0 aliphatic carbocycles. The van der Waals surface area contributed by atoms with Crippen LogP contribution >= 0.6 is 15.9 Å². The Bertz CT molecular complexity index is 362. The molecule has 0 aliphatic rings. The topological polar surface area (TPSA) is 29.3 Å². The van der Waals surface area contributed by atoms with E-state index in [1.54, 1.807) is 0 Å². The van der Waals surface area contributed by atoms with Gasteiger partial charge in [-0.05, 0) is 57.0 Å². The van der Waals surface area contributed by atoms with Gasteiger partial charge in [0.05, 0.1) is 0 Å². The van der Waals surface area contributed by atoms with Gasteiger partial charge in [-0.1, -0.05) is 41.9 Å². The first-order valence-electron chi connectivity index (χ1n) is 7.10. The molecule has 0 fully saturated rings. The predicted octanol–water partition coefficient (Wildman–Crippen LogP) is 3.69. The van der Waals surface area contributed by atoms with E-state index in [0.717, 1.165) is 23.9 Å². The third-order valence-corrected chi connectivity index (χ3v) is 4.40. The number of hydrogen-bond acceptors (Lipinski definition) is 2. The highest BCUT2D eigenvalue weighted by atomic mass is 79.9. The maximum absolute atomic E-state index is 6.10. The highest BCUT2D eigenvalue weighted by Crippen LogP contribution is 2.14. The molecule has 0 amide bonds. The summed E-state index contributed by atoms with van der Waals surface area (Å²) in [6.45, 7) is 7.73. The summed E-state index contributed by atoms with van der Waals surface area (Å²) in [7, 11) is 2.19. The van der Waals surface area contributed by atoms with Gasteiger partial charge < -0.3 is 10.6 Å². The van der Waals surface area contributed by atoms with Crippen LogP contribution in [0.1, 0.15) is 32.8 Å². The summed E-state index contributed by atoms with van der Waals surface area (Å²) in [6.07, 6.45) is 2.15. The highest BCUT2D eigenvalue weighted by molar-refractivity contribution is 9.10. The Morgan fingerprint density at radius 1 is 1.16 bits per heavy atom. The van der Waals surface area contributed by atoms with Crippen molar-refractivity contribution in [2.45, 2.75) is 45.7 Å². The van der Waals surface area contributed by atoms with E-state index in [1.165, 1.54) is 5.56 Å². The van der Waals surface area contributed by atoms with E-state index in [0.29, 0.717) is 18.0 Å². The number of likely N-dealkylation sites (N-methyl/N-ethyl adjacent to an activating group) is 1. The lowest BCUT2D eigenvalue weighted by Gasteiger charge is -2.27. The quantitative estimate of drug-likeness (QED) is 0.828. The summed E-state index contributed by atoms with van der Waals surface area (Å²) in [5.74, 6) is 0.565. The average Bonchev–Trinajstić information content (AvgIpc) is 2.37. The second kappa shape index (κ2) is 8.03. The number of benzene rings is 1. The third-order valence-electron chi connectivity index (χ3n) is 3.87. The molecule has 1 aromatic carbocycles. The molecule has 0 spiro atoms. The van der Waals surface area contributed by atoms with Gasteiger partial charge in [0.1, 0.15) is 0 Å². The molecule has 3 heteroatoms. The summed E-state index contributed by atoms with van der Waals surface area (Å²) in [4.78, 5) is 2.41. The second-order valence-electron chi connectivity index (χ2n) is 5.86. The van der Waals surface area contributed by atoms with Gasteiger partial charge >= 0.3 is 0 Å². The van der Waals surface area contributed by atoms with Crippen LogP contribution in [0.5, 0.6) is 0 Å². The first kappa shape index (κ1) is 16.7. The summed E-state index contributed by atoms with van der Waals surface area (Å²) >= 11 is 3.47. The summed E-state index contributed by atoms with van der Waals surface area (Å²) in [5.41, 5.74) is 7.49. The molecule has 2 unspecified atom stereocenters. The SMILES string of the molecule is CC(C)C(N)CCN(C)C(C)Cc1ccc(Br)cc1. The fourth-order valence-electron chi connectivity index (χ4n) is 2.02. The Morgan fingerprint density at radius 2 is 1.74 bits per heavy atom. The van der Waals surface area contributed by atoms with Gasteiger partial charge in [0.2, 0.25) is 0 Å². The van der Waals surface area contributed by atoms with Crippen LogP contribution in [0, 0.1) is 5.92 Å². The van der Waals surface area contributed by atoms with Gasteiger partial charge in [-0.3, -0.25) is 0 Å². The Labute approximate surface area is 126 Å². The summed E-state index contributed by atoms with van der Waals surface area (Å²) in [6, 6.07) is 9.44. The normalized spacial score (nSPS) is 14.9. The Balaban J connectivity index is 2.40. The van der Waals surface area contributed by atoms with E-state index < -0.39 is 0 Å². The number of rotatable bonds is 7. The van der Waals surface area contributed by atoms with Crippen LogP contribution < -0.4 is 5.73 Å². The largest absolute Gasteiger partial charge is 0.327 e. The Morgan fingerprint density at radius 3 is 2.26 bits per heavy atom. The fourth-order valence-corrected chi connectivity index (χ4v) is 2.29. The lowest BCUT2D eigenvalue weighted by molar-refractivity contribution is 0.239. The molecule has 2 nitrogen and oxygen atoms in total. The lowest BCUT2D eigenvalue weighted by atomic mass is 10.0. The first-order valence-corrected chi connectivity index (χ1v) is 7.89. The van der Waals surface area contributed by atoms with E-state index in [9.17, 15) is 0 Å². The number of nitrogens with two attached hydrogens (primary N) is 1. The zero-order valence-corrected chi connectivity index (χ0v) is 14.2. The number of nitrogens with zero attached hydrogens (tertiary/aromatic N) is 1. The minimum absolute atomic E-state index is 0.308. The minimum atomic E-state index is 0.308. The van der Waals surface area contributed by atoms with Gasteiger partial charge in [0.15, 0.2) is 0 Å². The van der Waals surface area contributed by atoms with Crippen molar-refractivity contribution < 1.29 is 0 Å². The first-order chi connectivity index (χ1) is 8.90. The molecule has 0 aliphatic heterocycles. The molecule has 1 rings (SSSR count). The minimum Gasteiger partial charge on any atom is -0.327 e. The van der Waals surface area contributed by atoms with Crippen LogP contribution in [0.2, 0.25) is 0 Å². The molecule has 2 N–H and O–H groups in total. The maximum atomic E-state index is 6.10. The van der Waals surface area contributed by atoms with Crippen molar-refractivity contribution >= 4 is 15.9 Å². The van der Waals surface area contributed by atoms with Crippen molar-refractivity contribution in [1.29, 1.82) is 0 Å². The molecule has 0 aromatic heterocycles. The van der Waals surface area contributed by atoms with Gasteiger partial charge in [0, 0.05) is 16.6 Å². The van der Waals surface area contributed by atoms with Crippen LogP contribution in [0.3, 0.4) is 0 Å². The Kier molecular flexibility index (Phi) is 7.05. The Hall–Kier alpha value is -0.380. The average molecular weight is 327 g/mol. The number of hydrogen-bond donors (Lipinski definition) is 1. The van der Waals surface area contributed by atoms with Crippen LogP contribution in [0.25, 0.3) is 0 Å². The molecule has 108 valence electrons. The standard InChI is InChI=1S/C16H27BrN2/c1-12(2)16(18)9-10-19(4)13(3)11-14-5-7-15(17)8-6-14/h5-8,12-13,16H,9-11,18H2,1-4H3. The molecule has 0 bridgehead atoms. The van der Waals surface area contributed by atoms with E-state index in [2.05, 4.69) is 72.9 Å². The molecule has 2 atom stereocenters. The van der Waals surface area contributed by atoms with Crippen LogP contribution in [0.4, 0.5) is 0 Å². The van der Waals surface area contributed by atoms with Crippen molar-refractivity contribution in [1.82, 2.24) is 4.90 Å². The number of halogens is 1. The van der Waals surface area contributed by atoms with Gasteiger partial charge in [0.25, 0.3) is 0 Å². The van der Waals surface area contributed by atoms with E-state index in [-0.39, 0.29) is 0 Å². The van der Waals surface area contributed by atoms with Gasteiger partial charge in [-0.2, -0.15) is 0 Å². The molecule has 0 saturated heterocycles. The van der Waals surface area contributed by atoms with E-state index in [4.69, 9.17) is 5.73 Å². The molecule has 0 saturated carbocycles. The summed E-state index contributed by atoms with van der Waals surface area (Å²) in [5, 5.41) is 0. The van der Waals surface area contributed by atoms with Gasteiger partial charge in [-0.15, -0.1) is 0 Å². The molecule has 0 heterocycles. The van der Waals surface area contributed by atoms with E-state index >= 15 is 0 Å². The molecular formula is C16H27BrN2. The fraction of sp³-hybridized carbons (Fsp3) is 0.625. The zero-order chi connectivity index (χ0) is 14.4. The predicted molar refractivity (Wildman–Crippen MR) is 87.4 cm³/mol. The van der Waals surface area contributed by atoms with Crippen molar-refractivity contribution in [2.24, 2.45) is 11.7 Å². The van der Waals surface area contributed by atoms with Crippen molar-refractivity contribution in [3.63, 3.8) is 0 Å². The maximum Gasteiger partial charge on any atom is 0.0175 e. The molecule has 0 radical (unpaired) electrons. The monoisotopic (exact) mass is 326 g/mol. The molecule has 19 heavy (non-hydrogen) atoms. The second-order valence-corrected chi connectivity index (χ2v) is 6.77. The zero-order valence-electron chi connectivity index (χ0n) is 12.6. The van der Waals surface area contributed by atoms with Crippen molar-refractivity contribution in [3.05, 3.63) is 34.3 Å². The van der Waals surface area contributed by atoms with E-state index in [1.807, 2.05) is 0 Å². The van der Waals surface area contributed by atoms with Crippen LogP contribution in [-0.2, 0) is 6.42 Å². The van der Waals surface area contributed by atoms with Crippen LogP contribution in [-0.4, -0.2) is 30.6 Å². The smallest absolute Gasteiger partial charge is 0.0175 e. The lowest BCUT2D eigenvalue weighted by Crippen LogP contribution is -2.36. The van der Waals surface area contributed by atoms with Crippen LogP contribution in [0.15, 0.2) is 28.7 Å². The van der Waals surface area contributed by atoms with Gasteiger partial charge in [-0.25, -0.2) is 0 Å². The molecule has 1 aromatic rings. The molecular weight excluding hydrogens is 300 g/mol. The highest BCUT2D eigenvalue weighted by Gasteiger charge is 2.13.